The Bertz CT molecular complexity index is 1200. The summed E-state index contributed by atoms with van der Waals surface area (Å²) < 4.78 is 13.3. The molecule has 2 amide bonds. The molecule has 3 heterocycles. The van der Waals surface area contributed by atoms with Gasteiger partial charge in [0.15, 0.2) is 5.76 Å². The number of piperazine rings is 1. The quantitative estimate of drug-likeness (QED) is 0.413. The number of carbonyl (C=O) groups excluding carboxylic acids is 2. The third-order valence-corrected chi connectivity index (χ3v) is 7.21. The summed E-state index contributed by atoms with van der Waals surface area (Å²) in [5.74, 6) is 2.35. The molecule has 1 saturated carbocycles. The highest BCUT2D eigenvalue weighted by atomic mass is 16.5. The lowest BCUT2D eigenvalue weighted by Crippen LogP contribution is -2.48. The monoisotopic (exact) mass is 504 g/mol. The lowest BCUT2D eigenvalue weighted by Gasteiger charge is -2.35. The van der Waals surface area contributed by atoms with Gasteiger partial charge >= 0.3 is 0 Å². The van der Waals surface area contributed by atoms with Crippen molar-refractivity contribution in [2.24, 2.45) is 5.92 Å². The number of rotatable bonds is 10. The summed E-state index contributed by atoms with van der Waals surface area (Å²) >= 11 is 0. The fourth-order valence-corrected chi connectivity index (χ4v) is 4.93. The number of furan rings is 1. The molecule has 2 aliphatic rings. The first-order valence-corrected chi connectivity index (χ1v) is 13.3. The average Bonchev–Trinajstić information content (AvgIpc) is 3.54. The molecule has 1 aromatic carbocycles. The standard InChI is InChI=1S/C29H36N4O4/c1-3-14-33(28(34)22-6-7-22)20-24-5-4-15-32(24)21-26-12-13-27(37-26)29(35)31-18-16-30(17-19-31)23-8-10-25(36-2)11-9-23/h4-5,8-13,15,22H,3,6-7,14,16-21H2,1-2H3. The lowest BCUT2D eigenvalue weighted by molar-refractivity contribution is -0.133. The van der Waals surface area contributed by atoms with Crippen LogP contribution >= 0.6 is 0 Å². The zero-order valence-electron chi connectivity index (χ0n) is 21.8. The molecule has 196 valence electrons. The summed E-state index contributed by atoms with van der Waals surface area (Å²) in [6.07, 6.45) is 4.97. The number of anilines is 1. The van der Waals surface area contributed by atoms with E-state index in [0.717, 1.165) is 61.8 Å². The maximum Gasteiger partial charge on any atom is 0.289 e. The highest BCUT2D eigenvalue weighted by Crippen LogP contribution is 2.31. The van der Waals surface area contributed by atoms with Gasteiger partial charge in [0.25, 0.3) is 5.91 Å². The largest absolute Gasteiger partial charge is 0.497 e. The molecule has 0 atom stereocenters. The van der Waals surface area contributed by atoms with Gasteiger partial charge in [0.2, 0.25) is 5.91 Å². The van der Waals surface area contributed by atoms with E-state index < -0.39 is 0 Å². The first-order chi connectivity index (χ1) is 18.1. The molecule has 0 unspecified atom stereocenters. The van der Waals surface area contributed by atoms with Crippen LogP contribution < -0.4 is 9.64 Å². The van der Waals surface area contributed by atoms with Gasteiger partial charge in [-0.05, 0) is 67.8 Å². The van der Waals surface area contributed by atoms with Crippen LogP contribution in [0.2, 0.25) is 0 Å². The number of hydrogen-bond donors (Lipinski definition) is 0. The van der Waals surface area contributed by atoms with Crippen LogP contribution in [0.3, 0.4) is 0 Å². The van der Waals surface area contributed by atoms with Crippen molar-refractivity contribution in [1.82, 2.24) is 14.4 Å². The van der Waals surface area contributed by atoms with Crippen LogP contribution in [0, 0.1) is 5.92 Å². The SMILES string of the molecule is CCCN(Cc1cccn1Cc1ccc(C(=O)N2CCN(c3ccc(OC)cc3)CC2)o1)C(=O)C1CC1. The number of benzene rings is 1. The average molecular weight is 505 g/mol. The predicted octanol–water partition coefficient (Wildman–Crippen LogP) is 4.25. The van der Waals surface area contributed by atoms with Crippen LogP contribution in [0.25, 0.3) is 0 Å². The Kier molecular flexibility index (Phi) is 7.53. The topological polar surface area (TPSA) is 71.2 Å². The van der Waals surface area contributed by atoms with Crippen molar-refractivity contribution in [1.29, 1.82) is 0 Å². The van der Waals surface area contributed by atoms with E-state index in [1.165, 1.54) is 0 Å². The molecule has 0 bridgehead atoms. The van der Waals surface area contributed by atoms with E-state index in [9.17, 15) is 9.59 Å². The van der Waals surface area contributed by atoms with Crippen molar-refractivity contribution in [2.75, 3.05) is 44.7 Å². The number of hydrogen-bond acceptors (Lipinski definition) is 5. The Morgan fingerprint density at radius 2 is 1.78 bits per heavy atom. The Morgan fingerprint density at radius 1 is 1.03 bits per heavy atom. The van der Waals surface area contributed by atoms with Gasteiger partial charge in [-0.2, -0.15) is 0 Å². The Labute approximate surface area is 218 Å². The summed E-state index contributed by atoms with van der Waals surface area (Å²) in [5, 5.41) is 0. The van der Waals surface area contributed by atoms with Gasteiger partial charge in [0.1, 0.15) is 11.5 Å². The van der Waals surface area contributed by atoms with E-state index in [-0.39, 0.29) is 17.7 Å². The summed E-state index contributed by atoms with van der Waals surface area (Å²) in [6.45, 7) is 6.83. The van der Waals surface area contributed by atoms with Gasteiger partial charge in [-0.15, -0.1) is 0 Å². The van der Waals surface area contributed by atoms with Gasteiger partial charge in [-0.3, -0.25) is 9.59 Å². The van der Waals surface area contributed by atoms with Crippen molar-refractivity contribution >= 4 is 17.5 Å². The van der Waals surface area contributed by atoms with Gasteiger partial charge in [-0.1, -0.05) is 6.92 Å². The van der Waals surface area contributed by atoms with E-state index >= 15 is 0 Å². The van der Waals surface area contributed by atoms with E-state index in [1.54, 1.807) is 13.2 Å². The molecule has 2 aromatic heterocycles. The maximum atomic E-state index is 13.1. The molecule has 3 aromatic rings. The molecule has 8 nitrogen and oxygen atoms in total. The fraction of sp³-hybridized carbons (Fsp3) is 0.448. The molecule has 8 heteroatoms. The van der Waals surface area contributed by atoms with E-state index in [4.69, 9.17) is 9.15 Å². The predicted molar refractivity (Wildman–Crippen MR) is 142 cm³/mol. The van der Waals surface area contributed by atoms with Crippen LogP contribution in [0.4, 0.5) is 5.69 Å². The van der Waals surface area contributed by atoms with E-state index in [0.29, 0.717) is 31.9 Å². The van der Waals surface area contributed by atoms with Crippen LogP contribution in [0.5, 0.6) is 5.75 Å². The van der Waals surface area contributed by atoms with Crippen LogP contribution in [0.15, 0.2) is 59.1 Å². The number of ether oxygens (including phenoxy) is 1. The third-order valence-electron chi connectivity index (χ3n) is 7.21. The van der Waals surface area contributed by atoms with Crippen molar-refractivity contribution < 1.29 is 18.7 Å². The summed E-state index contributed by atoms with van der Waals surface area (Å²) in [6, 6.07) is 15.7. The van der Waals surface area contributed by atoms with E-state index in [2.05, 4.69) is 22.5 Å². The van der Waals surface area contributed by atoms with Gasteiger partial charge in [-0.25, -0.2) is 0 Å². The second-order valence-electron chi connectivity index (χ2n) is 9.90. The van der Waals surface area contributed by atoms with Crippen molar-refractivity contribution in [2.45, 2.75) is 39.3 Å². The molecule has 1 saturated heterocycles. The molecule has 0 radical (unpaired) electrons. The van der Waals surface area contributed by atoms with E-state index in [1.807, 2.05) is 52.4 Å². The Morgan fingerprint density at radius 3 is 2.46 bits per heavy atom. The van der Waals surface area contributed by atoms with Gasteiger partial charge in [0.05, 0.1) is 20.2 Å². The Hall–Kier alpha value is -3.68. The zero-order valence-corrected chi connectivity index (χ0v) is 21.8. The number of methoxy groups -OCH3 is 1. The molecule has 1 aliphatic carbocycles. The minimum atomic E-state index is -0.0717. The molecule has 5 rings (SSSR count). The van der Waals surface area contributed by atoms with Crippen molar-refractivity contribution in [3.8, 4) is 5.75 Å². The third kappa shape index (κ3) is 5.84. The smallest absolute Gasteiger partial charge is 0.289 e. The van der Waals surface area contributed by atoms with Crippen molar-refractivity contribution in [3.63, 3.8) is 0 Å². The minimum Gasteiger partial charge on any atom is -0.497 e. The number of aromatic nitrogens is 1. The minimum absolute atomic E-state index is 0.0717. The highest BCUT2D eigenvalue weighted by Gasteiger charge is 2.33. The normalized spacial score (nSPS) is 15.6. The second kappa shape index (κ2) is 11.2. The molecule has 1 aliphatic heterocycles. The van der Waals surface area contributed by atoms with Gasteiger partial charge in [0, 0.05) is 56.2 Å². The van der Waals surface area contributed by atoms with Crippen LogP contribution in [-0.4, -0.2) is 66.0 Å². The maximum absolute atomic E-state index is 13.1. The molecule has 2 fully saturated rings. The zero-order chi connectivity index (χ0) is 25.8. The number of amides is 2. The first kappa shape index (κ1) is 25.0. The summed E-state index contributed by atoms with van der Waals surface area (Å²) in [7, 11) is 1.66. The molecule has 0 N–H and O–H groups in total. The Balaban J connectivity index is 1.17. The number of carbonyl (C=O) groups is 2. The first-order valence-electron chi connectivity index (χ1n) is 13.3. The molecular formula is C29H36N4O4. The molecule has 37 heavy (non-hydrogen) atoms. The second-order valence-corrected chi connectivity index (χ2v) is 9.90. The van der Waals surface area contributed by atoms with Crippen LogP contribution in [-0.2, 0) is 17.9 Å². The highest BCUT2D eigenvalue weighted by molar-refractivity contribution is 5.91. The van der Waals surface area contributed by atoms with Gasteiger partial charge < -0.3 is 28.4 Å². The fourth-order valence-electron chi connectivity index (χ4n) is 4.93. The summed E-state index contributed by atoms with van der Waals surface area (Å²) in [4.78, 5) is 31.9. The molecule has 0 spiro atoms. The summed E-state index contributed by atoms with van der Waals surface area (Å²) in [5.41, 5.74) is 2.20. The lowest BCUT2D eigenvalue weighted by atomic mass is 10.2. The van der Waals surface area contributed by atoms with Crippen LogP contribution in [0.1, 0.15) is 48.2 Å². The van der Waals surface area contributed by atoms with Crippen molar-refractivity contribution in [3.05, 3.63) is 71.9 Å². The number of nitrogens with zero attached hydrogens (tertiary/aromatic N) is 4. The molecular weight excluding hydrogens is 468 g/mol.